The number of benzene rings is 1. The first kappa shape index (κ1) is 21.5. The third kappa shape index (κ3) is 4.32. The van der Waals surface area contributed by atoms with E-state index in [1.165, 1.54) is 0 Å². The van der Waals surface area contributed by atoms with Crippen molar-refractivity contribution in [3.05, 3.63) is 70.6 Å². The van der Waals surface area contributed by atoms with Gasteiger partial charge in [-0.1, -0.05) is 12.1 Å². The number of nitrogens with zero attached hydrogens (tertiary/aromatic N) is 5. The second-order valence-corrected chi connectivity index (χ2v) is 7.93. The number of fused-ring (bicyclic) bond motifs is 1. The number of ether oxygens (including phenoxy) is 1. The second kappa shape index (κ2) is 8.78. The molecule has 3 aromatic rings. The summed E-state index contributed by atoms with van der Waals surface area (Å²) in [5.41, 5.74) is 3.60. The Hall–Kier alpha value is -3.75. The second-order valence-electron chi connectivity index (χ2n) is 7.93. The van der Waals surface area contributed by atoms with Crippen molar-refractivity contribution in [2.24, 2.45) is 7.05 Å². The average molecular weight is 435 g/mol. The van der Waals surface area contributed by atoms with Gasteiger partial charge in [-0.2, -0.15) is 5.10 Å². The maximum Gasteiger partial charge on any atom is 0.257 e. The van der Waals surface area contributed by atoms with Crippen LogP contribution in [0.5, 0.6) is 5.75 Å². The molecule has 0 unspecified atom stereocenters. The molecule has 1 aliphatic heterocycles. The van der Waals surface area contributed by atoms with Crippen LogP contribution in [0.4, 0.5) is 0 Å². The molecule has 2 amide bonds. The fourth-order valence-corrected chi connectivity index (χ4v) is 3.93. The number of aryl methyl sites for hydroxylation is 3. The minimum atomic E-state index is -0.561. The van der Waals surface area contributed by atoms with Crippen molar-refractivity contribution in [2.75, 3.05) is 13.7 Å². The summed E-state index contributed by atoms with van der Waals surface area (Å²) in [6, 6.07) is 7.51. The predicted octanol–water partition coefficient (Wildman–Crippen LogP) is 1.89. The number of carbonyl (C=O) groups is 2. The van der Waals surface area contributed by atoms with Crippen molar-refractivity contribution in [1.29, 1.82) is 0 Å². The van der Waals surface area contributed by atoms with E-state index in [9.17, 15) is 9.59 Å². The Labute approximate surface area is 186 Å². The zero-order chi connectivity index (χ0) is 22.8. The van der Waals surface area contributed by atoms with Gasteiger partial charge < -0.3 is 15.0 Å². The molecular formula is C23H26N6O3. The Morgan fingerprint density at radius 3 is 2.66 bits per heavy atom. The first-order chi connectivity index (χ1) is 15.4. The molecule has 4 rings (SSSR count). The molecule has 0 saturated heterocycles. The highest BCUT2D eigenvalue weighted by Crippen LogP contribution is 2.29. The van der Waals surface area contributed by atoms with Gasteiger partial charge in [0.25, 0.3) is 5.91 Å². The summed E-state index contributed by atoms with van der Waals surface area (Å²) in [5.74, 6) is 0.451. The van der Waals surface area contributed by atoms with E-state index >= 15 is 0 Å². The maximum atomic E-state index is 13.2. The molecule has 2 aromatic heterocycles. The van der Waals surface area contributed by atoms with Crippen LogP contribution in [-0.4, -0.2) is 50.1 Å². The molecule has 1 atom stereocenters. The van der Waals surface area contributed by atoms with E-state index in [1.807, 2.05) is 37.5 Å². The summed E-state index contributed by atoms with van der Waals surface area (Å²) < 4.78 is 6.86. The number of rotatable bonds is 5. The average Bonchev–Trinajstić information content (AvgIpc) is 3.16. The third-order valence-corrected chi connectivity index (χ3v) is 5.59. The third-order valence-electron chi connectivity index (χ3n) is 5.59. The molecule has 0 aliphatic carbocycles. The van der Waals surface area contributed by atoms with Crippen LogP contribution in [0.2, 0.25) is 0 Å². The van der Waals surface area contributed by atoms with Gasteiger partial charge >= 0.3 is 0 Å². The highest BCUT2D eigenvalue weighted by atomic mass is 16.5. The first-order valence-corrected chi connectivity index (χ1v) is 10.4. The topological polar surface area (TPSA) is 102 Å². The Morgan fingerprint density at radius 2 is 1.97 bits per heavy atom. The van der Waals surface area contributed by atoms with Crippen molar-refractivity contribution in [3.8, 4) is 5.75 Å². The lowest BCUT2D eigenvalue weighted by atomic mass is 9.95. The van der Waals surface area contributed by atoms with E-state index in [1.54, 1.807) is 36.7 Å². The van der Waals surface area contributed by atoms with E-state index in [4.69, 9.17) is 4.74 Å². The molecule has 1 N–H and O–H groups in total. The van der Waals surface area contributed by atoms with Crippen molar-refractivity contribution >= 4 is 11.8 Å². The summed E-state index contributed by atoms with van der Waals surface area (Å²) >= 11 is 0. The lowest BCUT2D eigenvalue weighted by Gasteiger charge is -2.31. The minimum absolute atomic E-state index is 0.171. The minimum Gasteiger partial charge on any atom is -0.497 e. The molecule has 3 heterocycles. The monoisotopic (exact) mass is 434 g/mol. The van der Waals surface area contributed by atoms with Gasteiger partial charge in [-0.15, -0.1) is 0 Å². The van der Waals surface area contributed by atoms with Crippen LogP contribution in [0, 0.1) is 13.8 Å². The first-order valence-electron chi connectivity index (χ1n) is 10.4. The van der Waals surface area contributed by atoms with E-state index in [0.29, 0.717) is 35.9 Å². The molecule has 1 aliphatic rings. The van der Waals surface area contributed by atoms with Crippen LogP contribution in [0.15, 0.2) is 36.7 Å². The Morgan fingerprint density at radius 1 is 1.22 bits per heavy atom. The summed E-state index contributed by atoms with van der Waals surface area (Å²) in [6.45, 7) is 4.58. The lowest BCUT2D eigenvalue weighted by molar-refractivity contribution is -0.123. The zero-order valence-corrected chi connectivity index (χ0v) is 18.6. The van der Waals surface area contributed by atoms with E-state index < -0.39 is 5.92 Å². The summed E-state index contributed by atoms with van der Waals surface area (Å²) in [7, 11) is 3.43. The molecule has 1 aromatic carbocycles. The summed E-state index contributed by atoms with van der Waals surface area (Å²) in [4.78, 5) is 36.5. The maximum absolute atomic E-state index is 13.2. The summed E-state index contributed by atoms with van der Waals surface area (Å²) in [5, 5.41) is 7.49. The standard InChI is InChI=1S/C23H26N6O3/c1-14-19(10-24-15(2)26-14)23(31)29-12-17-11-28(3)27-21(17)20(13-29)22(30)25-9-16-5-7-18(32-4)8-6-16/h5-8,10-11,20H,9,12-13H2,1-4H3,(H,25,30)/t20-/m1/s1. The van der Waals surface area contributed by atoms with Gasteiger partial charge in [-0.05, 0) is 31.5 Å². The van der Waals surface area contributed by atoms with Gasteiger partial charge in [0.15, 0.2) is 0 Å². The van der Waals surface area contributed by atoms with Crippen LogP contribution in [0.25, 0.3) is 0 Å². The molecule has 9 nitrogen and oxygen atoms in total. The number of nitrogens with one attached hydrogen (secondary N) is 1. The van der Waals surface area contributed by atoms with Crippen molar-refractivity contribution in [2.45, 2.75) is 32.9 Å². The smallest absolute Gasteiger partial charge is 0.257 e. The molecule has 0 bridgehead atoms. The van der Waals surface area contributed by atoms with Gasteiger partial charge in [0.05, 0.1) is 30.0 Å². The van der Waals surface area contributed by atoms with Crippen LogP contribution in [0.1, 0.15) is 44.6 Å². The van der Waals surface area contributed by atoms with E-state index in [2.05, 4.69) is 20.4 Å². The van der Waals surface area contributed by atoms with Crippen LogP contribution < -0.4 is 10.1 Å². The number of hydrogen-bond acceptors (Lipinski definition) is 6. The largest absolute Gasteiger partial charge is 0.497 e. The number of aromatic nitrogens is 4. The SMILES string of the molecule is COc1ccc(CNC(=O)[C@@H]2CN(C(=O)c3cnc(C)nc3C)Cc3cn(C)nc32)cc1. The normalized spacial score (nSPS) is 15.2. The summed E-state index contributed by atoms with van der Waals surface area (Å²) in [6.07, 6.45) is 3.41. The van der Waals surface area contributed by atoms with Crippen molar-refractivity contribution in [1.82, 2.24) is 30.0 Å². The highest BCUT2D eigenvalue weighted by Gasteiger charge is 2.36. The Kier molecular flexibility index (Phi) is 5.89. The van der Waals surface area contributed by atoms with Gasteiger partial charge in [-0.3, -0.25) is 14.3 Å². The van der Waals surface area contributed by atoms with Gasteiger partial charge in [0.1, 0.15) is 11.6 Å². The predicted molar refractivity (Wildman–Crippen MR) is 117 cm³/mol. The number of carbonyl (C=O) groups excluding carboxylic acids is 2. The number of amides is 2. The van der Waals surface area contributed by atoms with Crippen molar-refractivity contribution in [3.63, 3.8) is 0 Å². The van der Waals surface area contributed by atoms with Gasteiger partial charge in [0, 0.05) is 44.6 Å². The van der Waals surface area contributed by atoms with Gasteiger partial charge in [0.2, 0.25) is 5.91 Å². The fourth-order valence-electron chi connectivity index (χ4n) is 3.93. The van der Waals surface area contributed by atoms with Crippen LogP contribution in [-0.2, 0) is 24.9 Å². The molecule has 0 radical (unpaired) electrons. The zero-order valence-electron chi connectivity index (χ0n) is 18.6. The Balaban J connectivity index is 1.53. The quantitative estimate of drug-likeness (QED) is 0.658. The van der Waals surface area contributed by atoms with Gasteiger partial charge in [-0.25, -0.2) is 9.97 Å². The highest BCUT2D eigenvalue weighted by molar-refractivity contribution is 5.96. The van der Waals surface area contributed by atoms with E-state index in [-0.39, 0.29) is 18.4 Å². The van der Waals surface area contributed by atoms with E-state index in [0.717, 1.165) is 16.9 Å². The lowest BCUT2D eigenvalue weighted by Crippen LogP contribution is -2.43. The van der Waals surface area contributed by atoms with Crippen LogP contribution >= 0.6 is 0 Å². The number of hydrogen-bond donors (Lipinski definition) is 1. The molecule has 0 spiro atoms. The van der Waals surface area contributed by atoms with Crippen LogP contribution in [0.3, 0.4) is 0 Å². The Bertz CT molecular complexity index is 1160. The number of methoxy groups -OCH3 is 1. The molecule has 166 valence electrons. The molecular weight excluding hydrogens is 408 g/mol. The molecule has 32 heavy (non-hydrogen) atoms. The fraction of sp³-hybridized carbons (Fsp3) is 0.348. The van der Waals surface area contributed by atoms with Crippen molar-refractivity contribution < 1.29 is 14.3 Å². The molecule has 0 saturated carbocycles. The molecule has 0 fully saturated rings. The molecule has 9 heteroatoms.